The predicted molar refractivity (Wildman–Crippen MR) is 110 cm³/mol. The number of benzene rings is 2. The summed E-state index contributed by atoms with van der Waals surface area (Å²) in [7, 11) is 5.63. The van der Waals surface area contributed by atoms with Crippen LogP contribution in [0.2, 0.25) is 0 Å². The van der Waals surface area contributed by atoms with Gasteiger partial charge in [-0.3, -0.25) is 4.79 Å². The van der Waals surface area contributed by atoms with Crippen LogP contribution in [-0.4, -0.2) is 51.1 Å². The van der Waals surface area contributed by atoms with E-state index in [-0.39, 0.29) is 19.1 Å². The van der Waals surface area contributed by atoms with Gasteiger partial charge >= 0.3 is 5.97 Å². The molecule has 0 atom stereocenters. The molecule has 0 saturated heterocycles. The van der Waals surface area contributed by atoms with Crippen molar-refractivity contribution in [3.05, 3.63) is 59.2 Å². The minimum Gasteiger partial charge on any atom is -0.482 e. The Labute approximate surface area is 166 Å². The first kappa shape index (κ1) is 21.3. The molecule has 0 heterocycles. The van der Waals surface area contributed by atoms with Gasteiger partial charge in [0.15, 0.2) is 13.2 Å². The summed E-state index contributed by atoms with van der Waals surface area (Å²) in [6, 6.07) is 13.7. The van der Waals surface area contributed by atoms with E-state index in [1.165, 1.54) is 4.90 Å². The van der Waals surface area contributed by atoms with E-state index in [4.69, 9.17) is 9.47 Å². The molecule has 2 rings (SSSR count). The second-order valence-electron chi connectivity index (χ2n) is 7.03. The fraction of sp³-hybridized carbons (Fsp3) is 0.364. The molecule has 0 unspecified atom stereocenters. The van der Waals surface area contributed by atoms with Gasteiger partial charge in [-0.2, -0.15) is 0 Å². The molecule has 0 saturated carbocycles. The summed E-state index contributed by atoms with van der Waals surface area (Å²) in [6.45, 7) is 3.77. The van der Waals surface area contributed by atoms with E-state index in [0.29, 0.717) is 12.3 Å². The zero-order valence-corrected chi connectivity index (χ0v) is 17.2. The Bertz CT molecular complexity index is 816. The van der Waals surface area contributed by atoms with Crippen molar-refractivity contribution in [3.8, 4) is 5.75 Å². The number of aryl methyl sites for hydroxylation is 2. The number of rotatable bonds is 8. The Morgan fingerprint density at radius 3 is 2.25 bits per heavy atom. The van der Waals surface area contributed by atoms with Gasteiger partial charge in [0.1, 0.15) is 5.75 Å². The number of amides is 1. The highest BCUT2D eigenvalue weighted by molar-refractivity contribution is 5.80. The molecule has 150 valence electrons. The van der Waals surface area contributed by atoms with E-state index in [1.807, 2.05) is 75.3 Å². The largest absolute Gasteiger partial charge is 0.482 e. The molecular weight excluding hydrogens is 356 g/mol. The molecule has 2 aromatic rings. The number of ether oxygens (including phenoxy) is 2. The molecule has 0 radical (unpaired) electrons. The van der Waals surface area contributed by atoms with Gasteiger partial charge < -0.3 is 19.3 Å². The third-order valence-corrected chi connectivity index (χ3v) is 4.34. The lowest BCUT2D eigenvalue weighted by molar-refractivity contribution is -0.153. The van der Waals surface area contributed by atoms with Crippen LogP contribution in [0.4, 0.5) is 5.69 Å². The summed E-state index contributed by atoms with van der Waals surface area (Å²) < 4.78 is 10.5. The highest BCUT2D eigenvalue weighted by Gasteiger charge is 2.13. The van der Waals surface area contributed by atoms with Gasteiger partial charge in [0.25, 0.3) is 5.91 Å². The second-order valence-corrected chi connectivity index (χ2v) is 7.03. The standard InChI is InChI=1S/C22H28N2O4/c1-16-6-7-17(2)20(12-16)27-15-22(26)28-14-21(25)24(5)13-18-8-10-19(11-9-18)23(3)4/h6-12H,13-15H2,1-5H3. The van der Waals surface area contributed by atoms with Gasteiger partial charge in [-0.05, 0) is 48.7 Å². The fourth-order valence-corrected chi connectivity index (χ4v) is 2.56. The van der Waals surface area contributed by atoms with Crippen LogP contribution in [0.25, 0.3) is 0 Å². The molecule has 0 aliphatic rings. The summed E-state index contributed by atoms with van der Waals surface area (Å²) in [5, 5.41) is 0. The lowest BCUT2D eigenvalue weighted by Crippen LogP contribution is -2.31. The Kier molecular flexibility index (Phi) is 7.44. The SMILES string of the molecule is Cc1ccc(C)c(OCC(=O)OCC(=O)N(C)Cc2ccc(N(C)C)cc2)c1. The monoisotopic (exact) mass is 384 g/mol. The van der Waals surface area contributed by atoms with Crippen LogP contribution in [0.15, 0.2) is 42.5 Å². The van der Waals surface area contributed by atoms with Crippen molar-refractivity contribution in [2.24, 2.45) is 0 Å². The van der Waals surface area contributed by atoms with Crippen LogP contribution >= 0.6 is 0 Å². The molecule has 28 heavy (non-hydrogen) atoms. The maximum Gasteiger partial charge on any atom is 0.344 e. The van der Waals surface area contributed by atoms with Crippen molar-refractivity contribution < 1.29 is 19.1 Å². The number of carbonyl (C=O) groups is 2. The summed E-state index contributed by atoms with van der Waals surface area (Å²) >= 11 is 0. The minimum absolute atomic E-state index is 0.229. The number of carbonyl (C=O) groups excluding carboxylic acids is 2. The van der Waals surface area contributed by atoms with Gasteiger partial charge in [0, 0.05) is 33.4 Å². The molecule has 2 aromatic carbocycles. The summed E-state index contributed by atoms with van der Waals surface area (Å²) in [4.78, 5) is 27.6. The second kappa shape index (κ2) is 9.78. The molecular formula is C22H28N2O4. The first-order chi connectivity index (χ1) is 13.3. The smallest absolute Gasteiger partial charge is 0.344 e. The van der Waals surface area contributed by atoms with E-state index in [2.05, 4.69) is 0 Å². The lowest BCUT2D eigenvalue weighted by Gasteiger charge is -2.18. The normalized spacial score (nSPS) is 10.3. The van der Waals surface area contributed by atoms with E-state index in [9.17, 15) is 9.59 Å². The van der Waals surface area contributed by atoms with Gasteiger partial charge in [-0.25, -0.2) is 4.79 Å². The van der Waals surface area contributed by atoms with Crippen molar-refractivity contribution in [2.75, 3.05) is 39.3 Å². The Hall–Kier alpha value is -3.02. The van der Waals surface area contributed by atoms with Crippen molar-refractivity contribution in [1.82, 2.24) is 4.90 Å². The van der Waals surface area contributed by atoms with Crippen LogP contribution < -0.4 is 9.64 Å². The highest BCUT2D eigenvalue weighted by atomic mass is 16.6. The van der Waals surface area contributed by atoms with Gasteiger partial charge in [-0.15, -0.1) is 0 Å². The maximum atomic E-state index is 12.2. The average molecular weight is 384 g/mol. The Morgan fingerprint density at radius 1 is 0.929 bits per heavy atom. The third-order valence-electron chi connectivity index (χ3n) is 4.34. The zero-order valence-electron chi connectivity index (χ0n) is 17.2. The van der Waals surface area contributed by atoms with E-state index < -0.39 is 5.97 Å². The Morgan fingerprint density at radius 2 is 1.61 bits per heavy atom. The van der Waals surface area contributed by atoms with Crippen molar-refractivity contribution >= 4 is 17.6 Å². The predicted octanol–water partition coefficient (Wildman–Crippen LogP) is 2.95. The highest BCUT2D eigenvalue weighted by Crippen LogP contribution is 2.19. The molecule has 0 fully saturated rings. The van der Waals surface area contributed by atoms with Crippen LogP contribution in [-0.2, 0) is 20.9 Å². The maximum absolute atomic E-state index is 12.2. The molecule has 6 heteroatoms. The molecule has 0 bridgehead atoms. The number of likely N-dealkylation sites (N-methyl/N-ethyl adjacent to an activating group) is 1. The van der Waals surface area contributed by atoms with Crippen molar-refractivity contribution in [2.45, 2.75) is 20.4 Å². The molecule has 6 nitrogen and oxygen atoms in total. The van der Waals surface area contributed by atoms with Gasteiger partial charge in [0.2, 0.25) is 0 Å². The minimum atomic E-state index is -0.571. The Balaban J connectivity index is 1.77. The van der Waals surface area contributed by atoms with Gasteiger partial charge in [0.05, 0.1) is 0 Å². The fourth-order valence-electron chi connectivity index (χ4n) is 2.56. The quantitative estimate of drug-likeness (QED) is 0.655. The summed E-state index contributed by atoms with van der Waals surface area (Å²) in [5.74, 6) is -0.198. The average Bonchev–Trinajstić information content (AvgIpc) is 2.67. The summed E-state index contributed by atoms with van der Waals surface area (Å²) in [6.07, 6.45) is 0. The van der Waals surface area contributed by atoms with E-state index in [1.54, 1.807) is 7.05 Å². The summed E-state index contributed by atoms with van der Waals surface area (Å²) in [5.41, 5.74) is 4.08. The number of hydrogen-bond donors (Lipinski definition) is 0. The first-order valence-electron chi connectivity index (χ1n) is 9.12. The van der Waals surface area contributed by atoms with Crippen LogP contribution in [0, 0.1) is 13.8 Å². The molecule has 0 N–H and O–H groups in total. The van der Waals surface area contributed by atoms with E-state index in [0.717, 1.165) is 22.4 Å². The number of anilines is 1. The molecule has 0 spiro atoms. The lowest BCUT2D eigenvalue weighted by atomic mass is 10.1. The van der Waals surface area contributed by atoms with Gasteiger partial charge in [-0.1, -0.05) is 24.3 Å². The number of nitrogens with zero attached hydrogens (tertiary/aromatic N) is 2. The van der Waals surface area contributed by atoms with Crippen LogP contribution in [0.5, 0.6) is 5.75 Å². The first-order valence-corrected chi connectivity index (χ1v) is 9.12. The number of hydrogen-bond acceptors (Lipinski definition) is 5. The molecule has 1 amide bonds. The molecule has 0 aliphatic carbocycles. The van der Waals surface area contributed by atoms with Crippen molar-refractivity contribution in [1.29, 1.82) is 0 Å². The molecule has 0 aliphatic heterocycles. The van der Waals surface area contributed by atoms with Crippen LogP contribution in [0.3, 0.4) is 0 Å². The zero-order chi connectivity index (χ0) is 20.7. The van der Waals surface area contributed by atoms with Crippen LogP contribution in [0.1, 0.15) is 16.7 Å². The topological polar surface area (TPSA) is 59.1 Å². The third kappa shape index (κ3) is 6.30. The molecule has 0 aromatic heterocycles. The number of esters is 1. The van der Waals surface area contributed by atoms with Crippen molar-refractivity contribution in [3.63, 3.8) is 0 Å². The van der Waals surface area contributed by atoms with E-state index >= 15 is 0 Å².